The van der Waals surface area contributed by atoms with Crippen molar-refractivity contribution in [2.45, 2.75) is 38.3 Å². The molecule has 0 aromatic heterocycles. The number of halogens is 1. The van der Waals surface area contributed by atoms with Gasteiger partial charge < -0.3 is 20.2 Å². The van der Waals surface area contributed by atoms with Gasteiger partial charge in [0.1, 0.15) is 0 Å². The zero-order valence-electron chi connectivity index (χ0n) is 13.6. The van der Waals surface area contributed by atoms with Gasteiger partial charge in [-0.3, -0.25) is 0 Å². The topological polar surface area (TPSA) is 55.8 Å². The molecule has 6 heteroatoms. The van der Waals surface area contributed by atoms with Crippen LogP contribution < -0.4 is 10.2 Å². The van der Waals surface area contributed by atoms with Gasteiger partial charge in [0.05, 0.1) is 22.4 Å². The molecule has 0 aliphatic carbocycles. The molecule has 2 N–H and O–H groups in total. The fourth-order valence-corrected chi connectivity index (χ4v) is 3.24. The van der Waals surface area contributed by atoms with Crippen LogP contribution in [0.3, 0.4) is 0 Å². The number of likely N-dealkylation sites (tertiary alicyclic amines) is 1. The summed E-state index contributed by atoms with van der Waals surface area (Å²) in [6.07, 6.45) is 1.72. The summed E-state index contributed by atoms with van der Waals surface area (Å²) >= 11 is 6.22. The summed E-state index contributed by atoms with van der Waals surface area (Å²) in [6.45, 7) is 4.14. The van der Waals surface area contributed by atoms with Crippen LogP contribution in [0.1, 0.15) is 26.7 Å². The molecule has 0 bridgehead atoms. The highest BCUT2D eigenvalue weighted by atomic mass is 35.5. The van der Waals surface area contributed by atoms with Crippen molar-refractivity contribution in [3.63, 3.8) is 0 Å². The largest absolute Gasteiger partial charge is 0.388 e. The number of anilines is 2. The molecule has 1 heterocycles. The number of carbonyl (C=O) groups excluding carboxylic acids is 1. The van der Waals surface area contributed by atoms with Gasteiger partial charge >= 0.3 is 6.03 Å². The molecule has 5 nitrogen and oxygen atoms in total. The normalized spacial score (nSPS) is 18.5. The predicted molar refractivity (Wildman–Crippen MR) is 90.8 cm³/mol. The van der Waals surface area contributed by atoms with Crippen molar-refractivity contribution in [3.8, 4) is 0 Å². The van der Waals surface area contributed by atoms with Gasteiger partial charge in [0.2, 0.25) is 0 Å². The average molecular weight is 326 g/mol. The number of amides is 2. The zero-order chi connectivity index (χ0) is 16.5. The van der Waals surface area contributed by atoms with E-state index in [1.54, 1.807) is 24.8 Å². The summed E-state index contributed by atoms with van der Waals surface area (Å²) in [5, 5.41) is 13.6. The SMILES string of the molecule is CN(C)c1ccc(NC(=O)N2CCCC2C(C)(C)O)cc1Cl. The minimum atomic E-state index is -0.903. The van der Waals surface area contributed by atoms with Crippen LogP contribution in [0.15, 0.2) is 18.2 Å². The second-order valence-corrected chi connectivity index (χ2v) is 6.90. The summed E-state index contributed by atoms with van der Waals surface area (Å²) in [6, 6.07) is 5.08. The molecule has 1 aliphatic rings. The lowest BCUT2D eigenvalue weighted by molar-refractivity contribution is 0.0117. The van der Waals surface area contributed by atoms with E-state index in [1.165, 1.54) is 0 Å². The monoisotopic (exact) mass is 325 g/mol. The Bertz CT molecular complexity index is 555. The Morgan fingerprint density at radius 2 is 2.14 bits per heavy atom. The fraction of sp³-hybridized carbons (Fsp3) is 0.562. The van der Waals surface area contributed by atoms with E-state index in [0.29, 0.717) is 17.3 Å². The number of aliphatic hydroxyl groups is 1. The number of hydrogen-bond acceptors (Lipinski definition) is 3. The summed E-state index contributed by atoms with van der Waals surface area (Å²) in [4.78, 5) is 16.1. The third-order valence-electron chi connectivity index (χ3n) is 4.01. The van der Waals surface area contributed by atoms with Gasteiger partial charge in [-0.1, -0.05) is 11.6 Å². The minimum Gasteiger partial charge on any atom is -0.388 e. The molecule has 1 atom stereocenters. The van der Waals surface area contributed by atoms with Crippen molar-refractivity contribution in [2.24, 2.45) is 0 Å². The van der Waals surface area contributed by atoms with E-state index < -0.39 is 5.60 Å². The zero-order valence-corrected chi connectivity index (χ0v) is 14.3. The van der Waals surface area contributed by atoms with E-state index in [2.05, 4.69) is 5.32 Å². The Labute approximate surface area is 136 Å². The highest BCUT2D eigenvalue weighted by Crippen LogP contribution is 2.30. The third-order valence-corrected chi connectivity index (χ3v) is 4.31. The van der Waals surface area contributed by atoms with Crippen LogP contribution in [0.4, 0.5) is 16.2 Å². The van der Waals surface area contributed by atoms with Crippen molar-refractivity contribution in [2.75, 3.05) is 30.9 Å². The Balaban J connectivity index is 2.10. The van der Waals surface area contributed by atoms with Gasteiger partial charge in [-0.05, 0) is 44.9 Å². The second kappa shape index (κ2) is 6.34. The Morgan fingerprint density at radius 3 is 2.68 bits per heavy atom. The number of benzene rings is 1. The van der Waals surface area contributed by atoms with Crippen LogP contribution in [0.5, 0.6) is 0 Å². The van der Waals surface area contributed by atoms with Crippen LogP contribution in [-0.2, 0) is 0 Å². The summed E-state index contributed by atoms with van der Waals surface area (Å²) < 4.78 is 0. The van der Waals surface area contributed by atoms with Crippen LogP contribution in [0.25, 0.3) is 0 Å². The highest BCUT2D eigenvalue weighted by molar-refractivity contribution is 6.33. The standard InChI is InChI=1S/C16H24ClN3O2/c1-16(2,22)14-6-5-9-20(14)15(21)18-11-7-8-13(19(3)4)12(17)10-11/h7-8,10,14,22H,5-6,9H2,1-4H3,(H,18,21). The lowest BCUT2D eigenvalue weighted by Crippen LogP contribution is -2.49. The molecule has 0 saturated carbocycles. The number of nitrogens with one attached hydrogen (secondary N) is 1. The molecule has 1 aromatic carbocycles. The number of nitrogens with zero attached hydrogens (tertiary/aromatic N) is 2. The maximum absolute atomic E-state index is 12.5. The summed E-state index contributed by atoms with van der Waals surface area (Å²) in [7, 11) is 3.83. The van der Waals surface area contributed by atoms with Crippen LogP contribution in [0.2, 0.25) is 5.02 Å². The summed E-state index contributed by atoms with van der Waals surface area (Å²) in [5.74, 6) is 0. The molecule has 122 valence electrons. The Kier molecular flexibility index (Phi) is 4.87. The highest BCUT2D eigenvalue weighted by Gasteiger charge is 2.38. The number of carbonyl (C=O) groups is 1. The maximum atomic E-state index is 12.5. The van der Waals surface area contributed by atoms with Crippen molar-refractivity contribution < 1.29 is 9.90 Å². The second-order valence-electron chi connectivity index (χ2n) is 6.50. The lowest BCUT2D eigenvalue weighted by Gasteiger charge is -2.33. The molecule has 0 spiro atoms. The number of urea groups is 1. The van der Waals surface area contributed by atoms with E-state index in [0.717, 1.165) is 18.5 Å². The molecular formula is C16H24ClN3O2. The van der Waals surface area contributed by atoms with Crippen molar-refractivity contribution in [3.05, 3.63) is 23.2 Å². The van der Waals surface area contributed by atoms with Gasteiger partial charge in [0, 0.05) is 26.3 Å². The van der Waals surface area contributed by atoms with E-state index in [-0.39, 0.29) is 12.1 Å². The van der Waals surface area contributed by atoms with Gasteiger partial charge in [0.25, 0.3) is 0 Å². The van der Waals surface area contributed by atoms with Crippen molar-refractivity contribution in [1.82, 2.24) is 4.90 Å². The minimum absolute atomic E-state index is 0.163. The van der Waals surface area contributed by atoms with E-state index >= 15 is 0 Å². The first kappa shape index (κ1) is 16.9. The van der Waals surface area contributed by atoms with Crippen LogP contribution in [-0.4, -0.2) is 48.3 Å². The fourth-order valence-electron chi connectivity index (χ4n) is 2.89. The third kappa shape index (κ3) is 3.65. The Morgan fingerprint density at radius 1 is 1.45 bits per heavy atom. The molecule has 22 heavy (non-hydrogen) atoms. The van der Waals surface area contributed by atoms with E-state index in [1.807, 2.05) is 31.1 Å². The molecular weight excluding hydrogens is 302 g/mol. The van der Waals surface area contributed by atoms with Gasteiger partial charge in [-0.25, -0.2) is 4.79 Å². The maximum Gasteiger partial charge on any atom is 0.322 e. The van der Waals surface area contributed by atoms with Crippen molar-refractivity contribution >= 4 is 29.0 Å². The first-order valence-electron chi connectivity index (χ1n) is 7.47. The molecule has 2 rings (SSSR count). The molecule has 1 fully saturated rings. The van der Waals surface area contributed by atoms with Crippen LogP contribution in [0, 0.1) is 0 Å². The van der Waals surface area contributed by atoms with E-state index in [9.17, 15) is 9.90 Å². The molecule has 1 aromatic rings. The van der Waals surface area contributed by atoms with Crippen molar-refractivity contribution in [1.29, 1.82) is 0 Å². The molecule has 0 radical (unpaired) electrons. The first-order chi connectivity index (χ1) is 10.2. The summed E-state index contributed by atoms with van der Waals surface area (Å²) in [5.41, 5.74) is 0.650. The van der Waals surface area contributed by atoms with Gasteiger partial charge in [0.15, 0.2) is 0 Å². The predicted octanol–water partition coefficient (Wildman–Crippen LogP) is 3.17. The van der Waals surface area contributed by atoms with Gasteiger partial charge in [-0.15, -0.1) is 0 Å². The smallest absolute Gasteiger partial charge is 0.322 e. The molecule has 2 amide bonds. The van der Waals surface area contributed by atoms with E-state index in [4.69, 9.17) is 11.6 Å². The molecule has 1 unspecified atom stereocenters. The molecule has 1 saturated heterocycles. The molecule has 1 aliphatic heterocycles. The first-order valence-corrected chi connectivity index (χ1v) is 7.85. The van der Waals surface area contributed by atoms with Gasteiger partial charge in [-0.2, -0.15) is 0 Å². The Hall–Kier alpha value is -1.46. The van der Waals surface area contributed by atoms with Crippen LogP contribution >= 0.6 is 11.6 Å². The number of rotatable bonds is 3. The number of hydrogen-bond donors (Lipinski definition) is 2. The average Bonchev–Trinajstić information content (AvgIpc) is 2.87. The quantitative estimate of drug-likeness (QED) is 0.897. The lowest BCUT2D eigenvalue weighted by atomic mass is 9.97.